The first-order valence-electron chi connectivity index (χ1n) is 9.20. The van der Waals surface area contributed by atoms with E-state index in [4.69, 9.17) is 11.1 Å². The molecule has 0 bridgehead atoms. The molecule has 0 amide bonds. The minimum absolute atomic E-state index is 0.248. The molecular weight excluding hydrogens is 342 g/mol. The second kappa shape index (κ2) is 5.92. The van der Waals surface area contributed by atoms with Crippen LogP contribution < -0.4 is 4.74 Å². The standard InChI is InChI=1S/C20H19N5O2/c1-25-10-12(9-21-25)18-19-14(23-24-18)8-16(27-2)20(22-19)17-13-6-4-3-5-11(13)7-15(17)26/h3-6,8-10,15,17,26H,7H2,1-2H3,(H,23,24)/i15D. The van der Waals surface area contributed by atoms with Crippen LogP contribution in [0.5, 0.6) is 5.75 Å². The lowest BCUT2D eigenvalue weighted by atomic mass is 9.94. The average Bonchev–Trinajstić information content (AvgIpc) is 3.34. The van der Waals surface area contributed by atoms with E-state index in [9.17, 15) is 5.11 Å². The molecule has 0 radical (unpaired) electrons. The van der Waals surface area contributed by atoms with Gasteiger partial charge in [0, 0.05) is 24.9 Å². The normalized spacial score (nSPS) is 22.0. The van der Waals surface area contributed by atoms with Crippen molar-refractivity contribution in [1.29, 1.82) is 0 Å². The lowest BCUT2D eigenvalue weighted by Crippen LogP contribution is -2.16. The number of pyridine rings is 1. The lowest BCUT2D eigenvalue weighted by molar-refractivity contribution is 0.167. The van der Waals surface area contributed by atoms with Gasteiger partial charge in [-0.05, 0) is 17.5 Å². The largest absolute Gasteiger partial charge is 0.495 e. The van der Waals surface area contributed by atoms with Gasteiger partial charge in [0.15, 0.2) is 0 Å². The van der Waals surface area contributed by atoms with Crippen LogP contribution in [-0.4, -0.2) is 43.3 Å². The zero-order valence-corrected chi connectivity index (χ0v) is 15.0. The number of methoxy groups -OCH3 is 1. The Morgan fingerprint density at radius 1 is 1.37 bits per heavy atom. The van der Waals surface area contributed by atoms with Gasteiger partial charge in [0.05, 0.1) is 37.9 Å². The second-order valence-electron chi connectivity index (χ2n) is 6.75. The third kappa shape index (κ3) is 2.43. The maximum atomic E-state index is 10.9. The number of nitrogens with zero attached hydrogens (tertiary/aromatic N) is 4. The SMILES string of the molecule is [2H]C1(O)Cc2ccccc2C1c1nc2c(-c3cnn(C)c3)n[nH]c2cc1OC. The third-order valence-corrected chi connectivity index (χ3v) is 5.07. The van der Waals surface area contributed by atoms with Crippen molar-refractivity contribution < 1.29 is 11.2 Å². The van der Waals surface area contributed by atoms with Gasteiger partial charge in [-0.2, -0.15) is 10.2 Å². The molecule has 1 aliphatic carbocycles. The summed E-state index contributed by atoms with van der Waals surface area (Å²) in [6.45, 7) is 0. The van der Waals surface area contributed by atoms with Gasteiger partial charge in [0.25, 0.3) is 0 Å². The number of benzene rings is 1. The number of aromatic nitrogens is 5. The zero-order valence-electron chi connectivity index (χ0n) is 16.0. The number of ether oxygens (including phenoxy) is 1. The van der Waals surface area contributed by atoms with E-state index in [1.54, 1.807) is 18.0 Å². The van der Waals surface area contributed by atoms with E-state index in [1.807, 2.05) is 43.6 Å². The van der Waals surface area contributed by atoms with Gasteiger partial charge in [-0.1, -0.05) is 24.3 Å². The molecule has 4 aromatic rings. The summed E-state index contributed by atoms with van der Waals surface area (Å²) in [7, 11) is 3.41. The topological polar surface area (TPSA) is 88.9 Å². The minimum atomic E-state index is -1.70. The highest BCUT2D eigenvalue weighted by molar-refractivity contribution is 5.90. The van der Waals surface area contributed by atoms with Crippen molar-refractivity contribution >= 4 is 11.0 Å². The van der Waals surface area contributed by atoms with E-state index in [2.05, 4.69) is 15.3 Å². The summed E-state index contributed by atoms with van der Waals surface area (Å²) in [6, 6.07) is 9.54. The number of hydrogen-bond donors (Lipinski definition) is 2. The smallest absolute Gasteiger partial charge is 0.143 e. The van der Waals surface area contributed by atoms with Crippen molar-refractivity contribution in [3.63, 3.8) is 0 Å². The number of hydrogen-bond acceptors (Lipinski definition) is 5. The number of nitrogens with one attached hydrogen (secondary N) is 1. The molecule has 2 N–H and O–H groups in total. The van der Waals surface area contributed by atoms with E-state index >= 15 is 0 Å². The molecule has 2 unspecified atom stereocenters. The molecule has 0 spiro atoms. The predicted octanol–water partition coefficient (Wildman–Crippen LogP) is 2.42. The summed E-state index contributed by atoms with van der Waals surface area (Å²) in [5.41, 5.74) is 5.27. The molecule has 27 heavy (non-hydrogen) atoms. The Bertz CT molecular complexity index is 1200. The molecule has 0 aliphatic heterocycles. The number of rotatable bonds is 3. The van der Waals surface area contributed by atoms with Gasteiger partial charge in [-0.25, -0.2) is 4.98 Å². The average molecular weight is 362 g/mol. The number of fused-ring (bicyclic) bond motifs is 2. The highest BCUT2D eigenvalue weighted by Gasteiger charge is 2.35. The molecule has 0 saturated carbocycles. The Morgan fingerprint density at radius 3 is 3.00 bits per heavy atom. The molecule has 7 heteroatoms. The summed E-state index contributed by atoms with van der Waals surface area (Å²) >= 11 is 0. The Kier molecular flexibility index (Phi) is 3.27. The van der Waals surface area contributed by atoms with Gasteiger partial charge in [0.2, 0.25) is 0 Å². The molecule has 0 fully saturated rings. The van der Waals surface area contributed by atoms with Gasteiger partial charge < -0.3 is 9.84 Å². The number of aromatic amines is 1. The van der Waals surface area contributed by atoms with Crippen molar-refractivity contribution in [2.24, 2.45) is 7.05 Å². The molecule has 3 heterocycles. The van der Waals surface area contributed by atoms with Crippen molar-refractivity contribution in [2.75, 3.05) is 7.11 Å². The first-order chi connectivity index (χ1) is 13.5. The Labute approximate surface area is 157 Å². The fourth-order valence-corrected chi connectivity index (χ4v) is 3.82. The van der Waals surface area contributed by atoms with E-state index in [-0.39, 0.29) is 6.42 Å². The number of H-pyrrole nitrogens is 1. The minimum Gasteiger partial charge on any atom is -0.495 e. The highest BCUT2D eigenvalue weighted by Crippen LogP contribution is 2.42. The van der Waals surface area contributed by atoms with Crippen molar-refractivity contribution in [3.8, 4) is 17.0 Å². The molecule has 1 aromatic carbocycles. The second-order valence-corrected chi connectivity index (χ2v) is 6.75. The summed E-state index contributed by atoms with van der Waals surface area (Å²) in [5.74, 6) is -0.0963. The number of aryl methyl sites for hydroxylation is 1. The molecule has 7 nitrogen and oxygen atoms in total. The summed E-state index contributed by atoms with van der Waals surface area (Å²) < 4.78 is 15.8. The summed E-state index contributed by atoms with van der Waals surface area (Å²) in [4.78, 5) is 4.83. The Balaban J connectivity index is 1.75. The monoisotopic (exact) mass is 362 g/mol. The maximum absolute atomic E-state index is 10.9. The van der Waals surface area contributed by atoms with Gasteiger partial charge >= 0.3 is 0 Å². The van der Waals surface area contributed by atoms with Gasteiger partial charge in [-0.3, -0.25) is 9.78 Å². The maximum Gasteiger partial charge on any atom is 0.143 e. The molecule has 2 atom stereocenters. The predicted molar refractivity (Wildman–Crippen MR) is 101 cm³/mol. The van der Waals surface area contributed by atoms with Gasteiger partial charge in [0.1, 0.15) is 17.0 Å². The van der Waals surface area contributed by atoms with Crippen LogP contribution in [0, 0.1) is 0 Å². The molecule has 0 saturated heterocycles. The van der Waals surface area contributed by atoms with Crippen LogP contribution in [0.1, 0.15) is 24.1 Å². The van der Waals surface area contributed by atoms with Crippen LogP contribution in [0.4, 0.5) is 0 Å². The quantitative estimate of drug-likeness (QED) is 0.584. The molecule has 136 valence electrons. The fourth-order valence-electron chi connectivity index (χ4n) is 3.82. The highest BCUT2D eigenvalue weighted by atomic mass is 16.5. The lowest BCUT2D eigenvalue weighted by Gasteiger charge is -2.18. The summed E-state index contributed by atoms with van der Waals surface area (Å²) in [6.07, 6.45) is 2.15. The first-order valence-corrected chi connectivity index (χ1v) is 8.70. The van der Waals surface area contributed by atoms with E-state index in [0.717, 1.165) is 22.2 Å². The Morgan fingerprint density at radius 2 is 2.22 bits per heavy atom. The fraction of sp³-hybridized carbons (Fsp3) is 0.250. The Hall–Kier alpha value is -3.19. The molecule has 5 rings (SSSR count). The van der Waals surface area contributed by atoms with Crippen molar-refractivity contribution in [3.05, 3.63) is 59.5 Å². The van der Waals surface area contributed by atoms with Gasteiger partial charge in [-0.15, -0.1) is 0 Å². The molecule has 3 aromatic heterocycles. The van der Waals surface area contributed by atoms with Crippen LogP contribution in [-0.2, 0) is 13.5 Å². The van der Waals surface area contributed by atoms with Crippen LogP contribution in [0.15, 0.2) is 42.7 Å². The van der Waals surface area contributed by atoms with Crippen LogP contribution >= 0.6 is 0 Å². The molecular formula is C20H19N5O2. The van der Waals surface area contributed by atoms with Crippen LogP contribution in [0.3, 0.4) is 0 Å². The zero-order chi connectivity index (χ0) is 19.5. The molecule has 1 aliphatic rings. The van der Waals surface area contributed by atoms with Crippen molar-refractivity contribution in [2.45, 2.75) is 18.4 Å². The van der Waals surface area contributed by atoms with E-state index in [1.165, 1.54) is 0 Å². The third-order valence-electron chi connectivity index (χ3n) is 5.07. The summed E-state index contributed by atoms with van der Waals surface area (Å²) in [5, 5.41) is 22.5. The van der Waals surface area contributed by atoms with Crippen LogP contribution in [0.2, 0.25) is 0 Å². The van der Waals surface area contributed by atoms with E-state index in [0.29, 0.717) is 22.7 Å². The first kappa shape index (κ1) is 14.9. The van der Waals surface area contributed by atoms with E-state index < -0.39 is 12.0 Å². The number of aliphatic hydroxyl groups is 1. The van der Waals surface area contributed by atoms with Crippen molar-refractivity contribution in [1.82, 2.24) is 25.0 Å². The van der Waals surface area contributed by atoms with Crippen LogP contribution in [0.25, 0.3) is 22.3 Å².